The largest absolute Gasteiger partial charge is 0.325 e. The van der Waals surface area contributed by atoms with Crippen LogP contribution in [0.3, 0.4) is 0 Å². The van der Waals surface area contributed by atoms with E-state index in [1.165, 1.54) is 29.5 Å². The van der Waals surface area contributed by atoms with Crippen molar-refractivity contribution in [1.29, 1.82) is 0 Å². The molecular formula is C17H18FNOS. The van der Waals surface area contributed by atoms with Gasteiger partial charge in [-0.05, 0) is 41.8 Å². The molecule has 1 amide bonds. The zero-order valence-corrected chi connectivity index (χ0v) is 12.8. The lowest BCUT2D eigenvalue weighted by molar-refractivity contribution is -0.113. The quantitative estimate of drug-likeness (QED) is 0.864. The highest BCUT2D eigenvalue weighted by Crippen LogP contribution is 2.15. The molecule has 0 unspecified atom stereocenters. The van der Waals surface area contributed by atoms with Gasteiger partial charge in [-0.1, -0.05) is 31.2 Å². The predicted molar refractivity (Wildman–Crippen MR) is 87.0 cm³/mol. The average Bonchev–Trinajstić information content (AvgIpc) is 2.49. The van der Waals surface area contributed by atoms with Gasteiger partial charge in [0.2, 0.25) is 5.91 Å². The van der Waals surface area contributed by atoms with Gasteiger partial charge >= 0.3 is 0 Å². The molecule has 2 aromatic rings. The Kier molecular flexibility index (Phi) is 5.81. The lowest BCUT2D eigenvalue weighted by Gasteiger charge is -2.07. The molecule has 2 aromatic carbocycles. The topological polar surface area (TPSA) is 29.1 Å². The number of amides is 1. The number of hydrogen-bond acceptors (Lipinski definition) is 2. The minimum absolute atomic E-state index is 0.0182. The molecule has 110 valence electrons. The molecule has 0 saturated heterocycles. The number of aryl methyl sites for hydroxylation is 1. The van der Waals surface area contributed by atoms with Crippen molar-refractivity contribution in [3.05, 3.63) is 65.5 Å². The first-order valence-electron chi connectivity index (χ1n) is 6.88. The molecule has 0 saturated carbocycles. The highest BCUT2D eigenvalue weighted by Gasteiger charge is 2.03. The van der Waals surface area contributed by atoms with Gasteiger partial charge in [0.25, 0.3) is 0 Å². The summed E-state index contributed by atoms with van der Waals surface area (Å²) < 4.78 is 12.8. The zero-order chi connectivity index (χ0) is 15.1. The van der Waals surface area contributed by atoms with Gasteiger partial charge in [-0.2, -0.15) is 0 Å². The summed E-state index contributed by atoms with van der Waals surface area (Å²) in [5.74, 6) is 0.823. The van der Waals surface area contributed by atoms with E-state index in [1.807, 2.05) is 24.3 Å². The van der Waals surface area contributed by atoms with Crippen molar-refractivity contribution < 1.29 is 9.18 Å². The second kappa shape index (κ2) is 7.84. The molecule has 4 heteroatoms. The molecule has 2 rings (SSSR count). The zero-order valence-electron chi connectivity index (χ0n) is 11.9. The van der Waals surface area contributed by atoms with Crippen LogP contribution in [0.25, 0.3) is 0 Å². The molecule has 0 aliphatic carbocycles. The number of nitrogens with one attached hydrogen (secondary N) is 1. The van der Waals surface area contributed by atoms with E-state index < -0.39 is 0 Å². The highest BCUT2D eigenvalue weighted by molar-refractivity contribution is 7.99. The van der Waals surface area contributed by atoms with E-state index in [0.29, 0.717) is 11.5 Å². The van der Waals surface area contributed by atoms with E-state index in [0.717, 1.165) is 17.7 Å². The van der Waals surface area contributed by atoms with Crippen LogP contribution in [0.4, 0.5) is 10.1 Å². The lowest BCUT2D eigenvalue weighted by Crippen LogP contribution is -2.14. The third-order valence-corrected chi connectivity index (χ3v) is 4.04. The third kappa shape index (κ3) is 5.23. The fourth-order valence-electron chi connectivity index (χ4n) is 1.91. The van der Waals surface area contributed by atoms with Crippen LogP contribution in [0.15, 0.2) is 48.5 Å². The van der Waals surface area contributed by atoms with Crippen LogP contribution < -0.4 is 5.32 Å². The van der Waals surface area contributed by atoms with Crippen LogP contribution in [0, 0.1) is 5.82 Å². The van der Waals surface area contributed by atoms with Gasteiger partial charge in [0, 0.05) is 11.4 Å². The summed E-state index contributed by atoms with van der Waals surface area (Å²) in [6.07, 6.45) is 0.947. The van der Waals surface area contributed by atoms with Gasteiger partial charge in [0.15, 0.2) is 0 Å². The fourth-order valence-corrected chi connectivity index (χ4v) is 2.70. The average molecular weight is 303 g/mol. The molecule has 1 N–H and O–H groups in total. The summed E-state index contributed by atoms with van der Waals surface area (Å²) in [7, 11) is 0. The minimum Gasteiger partial charge on any atom is -0.325 e. The second-order valence-electron chi connectivity index (χ2n) is 4.72. The molecule has 2 nitrogen and oxygen atoms in total. The molecule has 0 fully saturated rings. The van der Waals surface area contributed by atoms with Gasteiger partial charge in [-0.15, -0.1) is 11.8 Å². The highest BCUT2D eigenvalue weighted by atomic mass is 32.2. The molecule has 21 heavy (non-hydrogen) atoms. The van der Waals surface area contributed by atoms with E-state index >= 15 is 0 Å². The standard InChI is InChI=1S/C17H18FNOS/c1-2-13-4-3-5-16(10-13)19-17(20)12-21-11-14-6-8-15(18)9-7-14/h3-10H,2,11-12H2,1H3,(H,19,20). The first kappa shape index (κ1) is 15.6. The first-order chi connectivity index (χ1) is 10.2. The molecule has 0 heterocycles. The van der Waals surface area contributed by atoms with Gasteiger partial charge in [-0.25, -0.2) is 4.39 Å². The SMILES string of the molecule is CCc1cccc(NC(=O)CSCc2ccc(F)cc2)c1. The Hall–Kier alpha value is -1.81. The fraction of sp³-hybridized carbons (Fsp3) is 0.235. The number of halogens is 1. The van der Waals surface area contributed by atoms with E-state index in [1.54, 1.807) is 12.1 Å². The molecule has 0 aromatic heterocycles. The number of hydrogen-bond donors (Lipinski definition) is 1. The van der Waals surface area contributed by atoms with Crippen LogP contribution >= 0.6 is 11.8 Å². The summed E-state index contributed by atoms with van der Waals surface area (Å²) in [6, 6.07) is 14.2. The molecular weight excluding hydrogens is 285 g/mol. The minimum atomic E-state index is -0.239. The summed E-state index contributed by atoms with van der Waals surface area (Å²) in [6.45, 7) is 2.08. The van der Waals surface area contributed by atoms with Crippen molar-refractivity contribution >= 4 is 23.4 Å². The molecule has 0 spiro atoms. The Bertz CT molecular complexity index is 598. The van der Waals surface area contributed by atoms with Crippen molar-refractivity contribution in [3.8, 4) is 0 Å². The number of carbonyl (C=O) groups is 1. The number of anilines is 1. The second-order valence-corrected chi connectivity index (χ2v) is 5.71. The molecule has 0 radical (unpaired) electrons. The van der Waals surface area contributed by atoms with Gasteiger partial charge in [-0.3, -0.25) is 4.79 Å². The Labute approximate surface area is 128 Å². The Balaban J connectivity index is 1.78. The Morgan fingerprint density at radius 2 is 1.90 bits per heavy atom. The normalized spacial score (nSPS) is 10.4. The Morgan fingerprint density at radius 1 is 1.14 bits per heavy atom. The number of carbonyl (C=O) groups excluding carboxylic acids is 1. The summed E-state index contributed by atoms with van der Waals surface area (Å²) in [4.78, 5) is 11.9. The van der Waals surface area contributed by atoms with E-state index in [4.69, 9.17) is 0 Å². The summed E-state index contributed by atoms with van der Waals surface area (Å²) >= 11 is 1.52. The summed E-state index contributed by atoms with van der Waals surface area (Å²) in [5.41, 5.74) is 3.05. The van der Waals surface area contributed by atoms with E-state index in [9.17, 15) is 9.18 Å². The lowest BCUT2D eigenvalue weighted by atomic mass is 10.1. The number of thioether (sulfide) groups is 1. The maximum Gasteiger partial charge on any atom is 0.234 e. The Morgan fingerprint density at radius 3 is 2.62 bits per heavy atom. The predicted octanol–water partition coefficient (Wildman–Crippen LogP) is 4.26. The summed E-state index contributed by atoms with van der Waals surface area (Å²) in [5, 5.41) is 2.89. The van der Waals surface area contributed by atoms with Crippen molar-refractivity contribution in [3.63, 3.8) is 0 Å². The van der Waals surface area contributed by atoms with Crippen molar-refractivity contribution in [2.75, 3.05) is 11.1 Å². The van der Waals surface area contributed by atoms with Crippen LogP contribution in [0.5, 0.6) is 0 Å². The number of benzene rings is 2. The molecule has 0 atom stereocenters. The molecule has 0 aliphatic heterocycles. The van der Waals surface area contributed by atoms with Gasteiger partial charge in [0.1, 0.15) is 5.82 Å². The van der Waals surface area contributed by atoms with Crippen LogP contribution in [-0.2, 0) is 17.0 Å². The molecule has 0 bridgehead atoms. The smallest absolute Gasteiger partial charge is 0.234 e. The maximum atomic E-state index is 12.8. The monoisotopic (exact) mass is 303 g/mol. The number of rotatable bonds is 6. The molecule has 0 aliphatic rings. The van der Waals surface area contributed by atoms with Crippen molar-refractivity contribution in [1.82, 2.24) is 0 Å². The van der Waals surface area contributed by atoms with E-state index in [2.05, 4.69) is 12.2 Å². The van der Waals surface area contributed by atoms with Crippen molar-refractivity contribution in [2.24, 2.45) is 0 Å². The van der Waals surface area contributed by atoms with E-state index in [-0.39, 0.29) is 11.7 Å². The van der Waals surface area contributed by atoms with Gasteiger partial charge < -0.3 is 5.32 Å². The van der Waals surface area contributed by atoms with Crippen LogP contribution in [0.2, 0.25) is 0 Å². The third-order valence-electron chi connectivity index (χ3n) is 3.03. The van der Waals surface area contributed by atoms with Gasteiger partial charge in [0.05, 0.1) is 5.75 Å². The maximum absolute atomic E-state index is 12.8. The first-order valence-corrected chi connectivity index (χ1v) is 8.04. The van der Waals surface area contributed by atoms with Crippen LogP contribution in [0.1, 0.15) is 18.1 Å². The van der Waals surface area contributed by atoms with Crippen LogP contribution in [-0.4, -0.2) is 11.7 Å². The van der Waals surface area contributed by atoms with Crippen molar-refractivity contribution in [2.45, 2.75) is 19.1 Å².